The van der Waals surface area contributed by atoms with E-state index in [4.69, 9.17) is 16.6 Å². The van der Waals surface area contributed by atoms with Crippen molar-refractivity contribution in [2.24, 2.45) is 0 Å². The van der Waals surface area contributed by atoms with Gasteiger partial charge in [-0.2, -0.15) is 0 Å². The number of carbonyl (C=O) groups is 2. The zero-order valence-electron chi connectivity index (χ0n) is 19.7. The van der Waals surface area contributed by atoms with E-state index >= 15 is 0 Å². The molecule has 2 fully saturated rings. The van der Waals surface area contributed by atoms with Gasteiger partial charge in [-0.05, 0) is 12.1 Å². The molecule has 1 unspecified atom stereocenters. The Morgan fingerprint density at radius 2 is 2.08 bits per heavy atom. The summed E-state index contributed by atoms with van der Waals surface area (Å²) < 4.78 is 14.5. The van der Waals surface area contributed by atoms with Gasteiger partial charge in [-0.1, -0.05) is 17.7 Å². The molecule has 3 aromatic rings. The average Bonchev–Trinajstić information content (AvgIpc) is 3.51. The summed E-state index contributed by atoms with van der Waals surface area (Å²) >= 11 is 7.32. The van der Waals surface area contributed by atoms with Gasteiger partial charge in [0.25, 0.3) is 5.91 Å². The zero-order valence-corrected chi connectivity index (χ0v) is 21.3. The molecule has 2 saturated heterocycles. The number of rotatable bonds is 6. The lowest BCUT2D eigenvalue weighted by Gasteiger charge is -2.35. The molecule has 0 aliphatic carbocycles. The maximum Gasteiger partial charge on any atom is 0.421 e. The number of likely N-dealkylation sites (N-methyl/N-ethyl adjacent to an activating group) is 1. The number of nitrogens with one attached hydrogen (secondary N) is 2. The number of anilines is 2. The molecule has 9 nitrogen and oxygen atoms in total. The van der Waals surface area contributed by atoms with Gasteiger partial charge in [0.15, 0.2) is 10.9 Å². The van der Waals surface area contributed by atoms with Gasteiger partial charge in [0.05, 0.1) is 29.9 Å². The van der Waals surface area contributed by atoms with E-state index in [2.05, 4.69) is 20.5 Å². The fourth-order valence-electron chi connectivity index (χ4n) is 4.48. The Morgan fingerprint density at radius 1 is 1.28 bits per heavy atom. The molecule has 0 radical (unpaired) electrons. The van der Waals surface area contributed by atoms with E-state index < -0.39 is 5.82 Å². The summed E-state index contributed by atoms with van der Waals surface area (Å²) in [6.45, 7) is 3.97. The van der Waals surface area contributed by atoms with Crippen LogP contribution in [-0.2, 0) is 6.54 Å². The van der Waals surface area contributed by atoms with Gasteiger partial charge in [0, 0.05) is 56.4 Å². The Labute approximate surface area is 217 Å². The number of quaternary nitrogens is 1. The van der Waals surface area contributed by atoms with Gasteiger partial charge in [-0.15, -0.1) is 11.3 Å². The van der Waals surface area contributed by atoms with Crippen LogP contribution in [0.15, 0.2) is 41.9 Å². The van der Waals surface area contributed by atoms with Gasteiger partial charge in [0.2, 0.25) is 0 Å². The van der Waals surface area contributed by atoms with Crippen LogP contribution in [0.3, 0.4) is 0 Å². The summed E-state index contributed by atoms with van der Waals surface area (Å²) in [6.07, 6.45) is 1.72. The minimum Gasteiger partial charge on any atom is -0.336 e. The monoisotopic (exact) mass is 530 g/mol. The third-order valence-electron chi connectivity index (χ3n) is 6.61. The van der Waals surface area contributed by atoms with Crippen LogP contribution >= 0.6 is 22.9 Å². The Morgan fingerprint density at radius 3 is 2.78 bits per heavy atom. The van der Waals surface area contributed by atoms with Gasteiger partial charge >= 0.3 is 6.03 Å². The number of aromatic nitrogens is 2. The summed E-state index contributed by atoms with van der Waals surface area (Å²) in [5.74, 6) is -0.417. The highest BCUT2D eigenvalue weighted by Crippen LogP contribution is 2.29. The summed E-state index contributed by atoms with van der Waals surface area (Å²) in [6, 6.07) is 8.28. The van der Waals surface area contributed by atoms with E-state index in [1.807, 2.05) is 24.6 Å². The summed E-state index contributed by atoms with van der Waals surface area (Å²) in [4.78, 5) is 38.3. The molecule has 4 heterocycles. The zero-order chi connectivity index (χ0) is 25.3. The molecular formula is C24H26ClFN7O2S+. The van der Waals surface area contributed by atoms with Crippen molar-refractivity contribution in [3.05, 3.63) is 64.0 Å². The first-order valence-corrected chi connectivity index (χ1v) is 12.9. The van der Waals surface area contributed by atoms with Crippen LogP contribution in [0.2, 0.25) is 5.02 Å². The predicted octanol–water partition coefficient (Wildman–Crippen LogP) is 3.69. The van der Waals surface area contributed by atoms with Crippen molar-refractivity contribution in [1.82, 2.24) is 29.6 Å². The third kappa shape index (κ3) is 4.92. The normalized spacial score (nSPS) is 20.4. The fraction of sp³-hybridized carbons (Fsp3) is 0.333. The molecule has 2 aromatic heterocycles. The number of halogens is 2. The van der Waals surface area contributed by atoms with E-state index in [0.717, 1.165) is 16.5 Å². The van der Waals surface area contributed by atoms with E-state index in [-0.39, 0.29) is 27.0 Å². The van der Waals surface area contributed by atoms with Crippen LogP contribution in [0.25, 0.3) is 0 Å². The van der Waals surface area contributed by atoms with Crippen LogP contribution in [0.5, 0.6) is 0 Å². The fourth-order valence-corrected chi connectivity index (χ4v) is 5.19. The van der Waals surface area contributed by atoms with E-state index in [0.29, 0.717) is 51.6 Å². The molecule has 1 atom stereocenters. The third-order valence-corrected chi connectivity index (χ3v) is 7.59. The van der Waals surface area contributed by atoms with Crippen molar-refractivity contribution in [3.63, 3.8) is 0 Å². The Bertz CT molecular complexity index is 1280. The molecule has 0 spiro atoms. The first-order chi connectivity index (χ1) is 17.3. The molecule has 36 heavy (non-hydrogen) atoms. The Hall–Kier alpha value is -3.12. The van der Waals surface area contributed by atoms with Crippen molar-refractivity contribution in [1.29, 1.82) is 0 Å². The highest BCUT2D eigenvalue weighted by atomic mass is 35.5. The average molecular weight is 531 g/mol. The van der Waals surface area contributed by atoms with Crippen molar-refractivity contribution in [2.45, 2.75) is 6.54 Å². The topological polar surface area (TPSA) is 90.5 Å². The van der Waals surface area contributed by atoms with Gasteiger partial charge in [-0.3, -0.25) is 15.0 Å². The largest absolute Gasteiger partial charge is 0.421 e. The highest BCUT2D eigenvalue weighted by molar-refractivity contribution is 7.13. The second kappa shape index (κ2) is 10.1. The molecule has 188 valence electrons. The van der Waals surface area contributed by atoms with Gasteiger partial charge in [0.1, 0.15) is 18.1 Å². The summed E-state index contributed by atoms with van der Waals surface area (Å²) in [5, 5.41) is 8.70. The number of carbonyl (C=O) groups excluding carboxylic acids is 2. The summed E-state index contributed by atoms with van der Waals surface area (Å²) in [7, 11) is 1.90. The van der Waals surface area contributed by atoms with Crippen LogP contribution in [0.1, 0.15) is 16.1 Å². The van der Waals surface area contributed by atoms with Crippen molar-refractivity contribution in [3.8, 4) is 0 Å². The van der Waals surface area contributed by atoms with Crippen molar-refractivity contribution in [2.75, 3.05) is 51.6 Å². The number of thiazole rings is 1. The lowest BCUT2D eigenvalue weighted by Crippen LogP contribution is -2.49. The highest BCUT2D eigenvalue weighted by Gasteiger charge is 2.40. The first-order valence-electron chi connectivity index (χ1n) is 11.6. The number of hydrogen-bond acceptors (Lipinski definition) is 7. The maximum absolute atomic E-state index is 14.3. The quantitative estimate of drug-likeness (QED) is 0.472. The molecule has 3 amide bonds. The standard InChI is InChI=1S/C24H25ClFN7O2S/c1-33(11-5-28-24(33)35)17-13-16(29-20(14-17)30-23-27-6-12-36-23)15-31-7-9-32(10-8-31)22(34)18-3-2-4-19(25)21(18)26/h2-4,6,12-14H,5,7-11,15H2,1H3,(H-,27,28,29,30,35)/p+1. The number of nitrogens with zero attached hydrogens (tertiary/aromatic N) is 5. The Balaban J connectivity index is 1.31. The van der Waals surface area contributed by atoms with E-state index in [9.17, 15) is 14.0 Å². The van der Waals surface area contributed by atoms with Gasteiger partial charge in [-0.25, -0.2) is 23.6 Å². The maximum atomic E-state index is 14.3. The molecule has 2 aliphatic heterocycles. The van der Waals surface area contributed by atoms with E-state index in [1.54, 1.807) is 17.2 Å². The minimum absolute atomic E-state index is 0.0101. The van der Waals surface area contributed by atoms with Crippen molar-refractivity contribution >= 4 is 51.5 Å². The number of amides is 3. The molecule has 12 heteroatoms. The molecule has 5 rings (SSSR count). The Kier molecular flexibility index (Phi) is 6.89. The molecule has 2 N–H and O–H groups in total. The number of pyridine rings is 1. The van der Waals surface area contributed by atoms with Crippen LogP contribution in [0.4, 0.5) is 25.8 Å². The predicted molar refractivity (Wildman–Crippen MR) is 138 cm³/mol. The number of urea groups is 1. The summed E-state index contributed by atoms with van der Waals surface area (Å²) in [5.41, 5.74) is 1.65. The lowest BCUT2D eigenvalue weighted by atomic mass is 10.1. The van der Waals surface area contributed by atoms with Crippen LogP contribution in [0, 0.1) is 5.82 Å². The SMILES string of the molecule is C[N+]1(c2cc(CN3CCN(C(=O)c4cccc(Cl)c4F)CC3)nc(Nc3nccs3)c2)CCNC1=O. The smallest absolute Gasteiger partial charge is 0.336 e. The second-order valence-corrected chi connectivity index (χ2v) is 10.3. The number of piperazine rings is 1. The van der Waals surface area contributed by atoms with Gasteiger partial charge < -0.3 is 10.2 Å². The minimum atomic E-state index is -0.685. The molecule has 0 bridgehead atoms. The number of hydrogen-bond donors (Lipinski definition) is 2. The van der Waals surface area contributed by atoms with Crippen LogP contribution < -0.4 is 15.1 Å². The molecular weight excluding hydrogens is 505 g/mol. The van der Waals surface area contributed by atoms with Crippen LogP contribution in [-0.4, -0.2) is 78.0 Å². The second-order valence-electron chi connectivity index (χ2n) is 8.98. The molecule has 1 aromatic carbocycles. The van der Waals surface area contributed by atoms with Crippen molar-refractivity contribution < 1.29 is 14.0 Å². The molecule has 2 aliphatic rings. The lowest BCUT2D eigenvalue weighted by molar-refractivity contribution is 0.0622. The first kappa shape index (κ1) is 24.6. The number of benzene rings is 1. The van der Waals surface area contributed by atoms with E-state index in [1.165, 1.54) is 23.5 Å². The molecule has 0 saturated carbocycles.